The van der Waals surface area contributed by atoms with E-state index in [0.29, 0.717) is 10.8 Å². The van der Waals surface area contributed by atoms with Crippen molar-refractivity contribution < 1.29 is 0 Å². The summed E-state index contributed by atoms with van der Waals surface area (Å²) in [5.74, 6) is 0. The smallest absolute Gasteiger partial charge is 0.0273 e. The van der Waals surface area contributed by atoms with Crippen LogP contribution >= 0.6 is 0 Å². The first-order valence-electron chi connectivity index (χ1n) is 10.1. The van der Waals surface area contributed by atoms with E-state index in [1.54, 1.807) is 22.3 Å². The fraction of sp³-hybridized carbons (Fsp3) is 0.750. The Hall–Kier alpha value is -0.780. The van der Waals surface area contributed by atoms with Gasteiger partial charge in [-0.2, -0.15) is 0 Å². The van der Waals surface area contributed by atoms with Crippen LogP contribution in [0, 0.1) is 24.7 Å². The zero-order valence-electron chi connectivity index (χ0n) is 18.0. The predicted octanol–water partition coefficient (Wildman–Crippen LogP) is 7.60. The molecule has 0 bridgehead atoms. The predicted molar refractivity (Wildman–Crippen MR) is 110 cm³/mol. The lowest BCUT2D eigenvalue weighted by Gasteiger charge is -2.23. The molecule has 1 aromatic carbocycles. The second-order valence-electron chi connectivity index (χ2n) is 10.1. The quantitative estimate of drug-likeness (QED) is 0.482. The van der Waals surface area contributed by atoms with Crippen LogP contribution in [0.4, 0.5) is 0 Å². The second-order valence-corrected chi connectivity index (χ2v) is 10.1. The van der Waals surface area contributed by atoms with E-state index >= 15 is 0 Å². The van der Waals surface area contributed by atoms with Crippen LogP contribution in [0.25, 0.3) is 0 Å². The van der Waals surface area contributed by atoms with E-state index < -0.39 is 0 Å². The average molecular weight is 331 g/mol. The molecule has 24 heavy (non-hydrogen) atoms. The first-order valence-corrected chi connectivity index (χ1v) is 10.1. The van der Waals surface area contributed by atoms with Crippen molar-refractivity contribution in [3.8, 4) is 0 Å². The number of hydrogen-bond acceptors (Lipinski definition) is 0. The van der Waals surface area contributed by atoms with E-state index in [2.05, 4.69) is 68.4 Å². The van der Waals surface area contributed by atoms with Gasteiger partial charge in [0.15, 0.2) is 0 Å². The van der Waals surface area contributed by atoms with E-state index in [-0.39, 0.29) is 0 Å². The van der Waals surface area contributed by atoms with Gasteiger partial charge in [-0.15, -0.1) is 0 Å². The Kier molecular flexibility index (Phi) is 7.57. The van der Waals surface area contributed by atoms with Crippen LogP contribution < -0.4 is 0 Å². The molecule has 1 rings (SSSR count). The van der Waals surface area contributed by atoms with Gasteiger partial charge in [0, 0.05) is 0 Å². The molecule has 0 nitrogen and oxygen atoms in total. The van der Waals surface area contributed by atoms with Crippen molar-refractivity contribution >= 4 is 0 Å². The van der Waals surface area contributed by atoms with Gasteiger partial charge in [0.05, 0.1) is 0 Å². The highest BCUT2D eigenvalue weighted by Crippen LogP contribution is 2.30. The monoisotopic (exact) mass is 330 g/mol. The van der Waals surface area contributed by atoms with Crippen LogP contribution in [0.2, 0.25) is 0 Å². The van der Waals surface area contributed by atoms with Crippen molar-refractivity contribution in [1.29, 1.82) is 0 Å². The van der Waals surface area contributed by atoms with Crippen LogP contribution in [-0.2, 0) is 19.3 Å². The third-order valence-corrected chi connectivity index (χ3v) is 5.25. The molecule has 0 unspecified atom stereocenters. The first kappa shape index (κ1) is 21.3. The Morgan fingerprint density at radius 1 is 0.750 bits per heavy atom. The molecule has 0 aliphatic heterocycles. The number of benzene rings is 1. The van der Waals surface area contributed by atoms with Gasteiger partial charge in [0.25, 0.3) is 0 Å². The summed E-state index contributed by atoms with van der Waals surface area (Å²) in [5, 5.41) is 0. The van der Waals surface area contributed by atoms with Crippen LogP contribution in [-0.4, -0.2) is 0 Å². The summed E-state index contributed by atoms with van der Waals surface area (Å²) < 4.78 is 0. The molecule has 0 aromatic heterocycles. The summed E-state index contributed by atoms with van der Waals surface area (Å²) in [7, 11) is 0. The average Bonchev–Trinajstić information content (AvgIpc) is 2.42. The fourth-order valence-corrected chi connectivity index (χ4v) is 3.76. The summed E-state index contributed by atoms with van der Waals surface area (Å²) in [6, 6.07) is 2.45. The van der Waals surface area contributed by atoms with E-state index in [0.717, 1.165) is 6.42 Å². The third kappa shape index (κ3) is 6.99. The van der Waals surface area contributed by atoms with E-state index in [9.17, 15) is 0 Å². The Balaban J connectivity index is 3.00. The Bertz CT molecular complexity index is 520. The van der Waals surface area contributed by atoms with Gasteiger partial charge < -0.3 is 0 Å². The van der Waals surface area contributed by atoms with Crippen molar-refractivity contribution in [1.82, 2.24) is 0 Å². The van der Waals surface area contributed by atoms with Gasteiger partial charge in [0.2, 0.25) is 0 Å². The lowest BCUT2D eigenvalue weighted by Crippen LogP contribution is -2.10. The molecule has 0 saturated heterocycles. The summed E-state index contributed by atoms with van der Waals surface area (Å²) in [4.78, 5) is 0. The topological polar surface area (TPSA) is 0 Å². The zero-order chi connectivity index (χ0) is 18.5. The Morgan fingerprint density at radius 3 is 1.62 bits per heavy atom. The van der Waals surface area contributed by atoms with Crippen molar-refractivity contribution in [3.05, 3.63) is 33.9 Å². The normalized spacial score (nSPS) is 12.7. The van der Waals surface area contributed by atoms with Gasteiger partial charge in [0.1, 0.15) is 0 Å². The van der Waals surface area contributed by atoms with Gasteiger partial charge in [-0.1, -0.05) is 54.5 Å². The molecule has 0 atom stereocenters. The zero-order valence-corrected chi connectivity index (χ0v) is 18.0. The molecule has 0 aliphatic rings. The minimum absolute atomic E-state index is 0.442. The summed E-state index contributed by atoms with van der Waals surface area (Å²) >= 11 is 0. The molecule has 1 aromatic rings. The summed E-state index contributed by atoms with van der Waals surface area (Å²) in [6.45, 7) is 21.1. The molecule has 0 radical (unpaired) electrons. The maximum atomic E-state index is 2.45. The molecule has 138 valence electrons. The van der Waals surface area contributed by atoms with Crippen LogP contribution in [0.15, 0.2) is 6.07 Å². The molecular weight excluding hydrogens is 288 g/mol. The Morgan fingerprint density at radius 2 is 1.21 bits per heavy atom. The molecule has 0 saturated carbocycles. The Labute approximate surface area is 152 Å². The van der Waals surface area contributed by atoms with Crippen LogP contribution in [0.3, 0.4) is 0 Å². The second kappa shape index (κ2) is 8.54. The molecule has 0 heteroatoms. The standard InChI is InChI=1S/C24H42/c1-10-20-17-18(2)21(13-11-15-23(4,5)6)22(19(20)3)14-12-16-24(7,8)9/h17H,10-16H2,1-9H3. The lowest BCUT2D eigenvalue weighted by molar-refractivity contribution is 0.362. The molecular formula is C24H42. The minimum Gasteiger partial charge on any atom is -0.0613 e. The molecule has 0 spiro atoms. The number of rotatable bonds is 7. The third-order valence-electron chi connectivity index (χ3n) is 5.25. The van der Waals surface area contributed by atoms with Crippen molar-refractivity contribution in [2.75, 3.05) is 0 Å². The van der Waals surface area contributed by atoms with Gasteiger partial charge in [-0.3, -0.25) is 0 Å². The highest BCUT2D eigenvalue weighted by molar-refractivity contribution is 5.45. The molecule has 0 amide bonds. The van der Waals surface area contributed by atoms with E-state index in [1.165, 1.54) is 44.1 Å². The SMILES string of the molecule is CCc1cc(C)c(CCCC(C)(C)C)c(CCCC(C)(C)C)c1C. The van der Waals surface area contributed by atoms with E-state index in [4.69, 9.17) is 0 Å². The van der Waals surface area contributed by atoms with Gasteiger partial charge >= 0.3 is 0 Å². The molecule has 0 heterocycles. The van der Waals surface area contributed by atoms with Crippen LogP contribution in [0.1, 0.15) is 102 Å². The maximum absolute atomic E-state index is 2.45. The highest BCUT2D eigenvalue weighted by Gasteiger charge is 2.16. The minimum atomic E-state index is 0.442. The lowest BCUT2D eigenvalue weighted by atomic mass is 9.83. The largest absolute Gasteiger partial charge is 0.0613 e. The van der Waals surface area contributed by atoms with Gasteiger partial charge in [-0.05, 0) is 97.4 Å². The van der Waals surface area contributed by atoms with Crippen molar-refractivity contribution in [3.63, 3.8) is 0 Å². The first-order chi connectivity index (χ1) is 10.9. The van der Waals surface area contributed by atoms with Crippen LogP contribution in [0.5, 0.6) is 0 Å². The number of aryl methyl sites for hydroxylation is 2. The molecule has 0 fully saturated rings. The maximum Gasteiger partial charge on any atom is -0.0273 e. The molecule has 0 aliphatic carbocycles. The fourth-order valence-electron chi connectivity index (χ4n) is 3.76. The summed E-state index contributed by atoms with van der Waals surface area (Å²) in [6.07, 6.45) is 8.89. The number of hydrogen-bond donors (Lipinski definition) is 0. The highest BCUT2D eigenvalue weighted by atomic mass is 14.2. The van der Waals surface area contributed by atoms with Crippen molar-refractivity contribution in [2.24, 2.45) is 10.8 Å². The van der Waals surface area contributed by atoms with Gasteiger partial charge in [-0.25, -0.2) is 0 Å². The van der Waals surface area contributed by atoms with E-state index in [1.807, 2.05) is 0 Å². The molecule has 0 N–H and O–H groups in total. The van der Waals surface area contributed by atoms with Crippen molar-refractivity contribution in [2.45, 2.75) is 107 Å². The summed E-state index contributed by atoms with van der Waals surface area (Å²) in [5.41, 5.74) is 8.86.